The Balaban J connectivity index is 2.00. The summed E-state index contributed by atoms with van der Waals surface area (Å²) < 4.78 is 5.28. The Bertz CT molecular complexity index is 828. The number of Topliss-reactive ketones (excluding diaryl/α,β-unsaturated/α-hetero) is 1. The summed E-state index contributed by atoms with van der Waals surface area (Å²) in [4.78, 5) is 35.4. The van der Waals surface area contributed by atoms with Gasteiger partial charge in [-0.3, -0.25) is 4.79 Å². The van der Waals surface area contributed by atoms with Gasteiger partial charge in [-0.1, -0.05) is 24.3 Å². The Morgan fingerprint density at radius 3 is 2.19 bits per heavy atom. The first-order valence-electron chi connectivity index (χ1n) is 8.22. The predicted octanol–water partition coefficient (Wildman–Crippen LogP) is 2.90. The molecule has 2 rings (SSSR count). The maximum absolute atomic E-state index is 12.4. The Labute approximate surface area is 152 Å². The van der Waals surface area contributed by atoms with Crippen LogP contribution in [0.25, 0.3) is 0 Å². The average Bonchev–Trinajstić information content (AvgIpc) is 2.62. The van der Waals surface area contributed by atoms with E-state index in [1.165, 1.54) is 0 Å². The van der Waals surface area contributed by atoms with Crippen molar-refractivity contribution in [2.45, 2.75) is 33.4 Å². The van der Waals surface area contributed by atoms with E-state index < -0.39 is 18.1 Å². The Hall–Kier alpha value is -3.15. The normalized spacial score (nSPS) is 11.5. The summed E-state index contributed by atoms with van der Waals surface area (Å²) in [5.74, 6) is -0.826. The van der Waals surface area contributed by atoms with Crippen LogP contribution in [0.15, 0.2) is 42.5 Å². The summed E-state index contributed by atoms with van der Waals surface area (Å²) in [7, 11) is 0. The molecule has 26 heavy (non-hydrogen) atoms. The Morgan fingerprint density at radius 2 is 1.62 bits per heavy atom. The molecular weight excluding hydrogens is 332 g/mol. The molecule has 0 radical (unpaired) electrons. The molecular formula is C20H22N2O4. The highest BCUT2D eigenvalue weighted by Crippen LogP contribution is 2.14. The van der Waals surface area contributed by atoms with Gasteiger partial charge in [0.15, 0.2) is 6.10 Å². The zero-order valence-electron chi connectivity index (χ0n) is 15.0. The van der Waals surface area contributed by atoms with Crippen molar-refractivity contribution in [3.05, 3.63) is 70.3 Å². The van der Waals surface area contributed by atoms with Crippen molar-refractivity contribution in [1.29, 1.82) is 0 Å². The highest BCUT2D eigenvalue weighted by Gasteiger charge is 2.20. The topological polar surface area (TPSA) is 98.5 Å². The monoisotopic (exact) mass is 354 g/mol. The standard InChI is InChI=1S/C20H22N2O4/c1-12-4-7-17(10-13(12)2)18(23)14(3)26-19(24)16-8-5-15(6-9-16)11-22-20(21)25/h4-10,14H,11H2,1-3H3,(H3,21,22,25)/t14-/m0/s1. The van der Waals surface area contributed by atoms with E-state index in [9.17, 15) is 14.4 Å². The molecule has 0 fully saturated rings. The van der Waals surface area contributed by atoms with Crippen LogP contribution in [0.5, 0.6) is 0 Å². The van der Waals surface area contributed by atoms with Gasteiger partial charge in [-0.05, 0) is 55.7 Å². The summed E-state index contributed by atoms with van der Waals surface area (Å²) in [6.07, 6.45) is -0.888. The molecule has 0 spiro atoms. The van der Waals surface area contributed by atoms with Gasteiger partial charge in [0, 0.05) is 12.1 Å². The first kappa shape index (κ1) is 19.2. The van der Waals surface area contributed by atoms with Crippen LogP contribution in [0.4, 0.5) is 4.79 Å². The van der Waals surface area contributed by atoms with Gasteiger partial charge in [0.25, 0.3) is 0 Å². The number of benzene rings is 2. The molecule has 1 atom stereocenters. The smallest absolute Gasteiger partial charge is 0.338 e. The zero-order chi connectivity index (χ0) is 19.3. The lowest BCUT2D eigenvalue weighted by atomic mass is 10.0. The molecule has 0 saturated carbocycles. The molecule has 6 heteroatoms. The predicted molar refractivity (Wildman–Crippen MR) is 98.0 cm³/mol. The second kappa shape index (κ2) is 8.29. The number of urea groups is 1. The van der Waals surface area contributed by atoms with E-state index in [0.29, 0.717) is 11.1 Å². The molecule has 0 aliphatic heterocycles. The Morgan fingerprint density at radius 1 is 1.00 bits per heavy atom. The van der Waals surface area contributed by atoms with Gasteiger partial charge in [-0.15, -0.1) is 0 Å². The lowest BCUT2D eigenvalue weighted by Crippen LogP contribution is -2.28. The van der Waals surface area contributed by atoms with Gasteiger partial charge in [0.05, 0.1) is 5.56 Å². The number of carbonyl (C=O) groups excluding carboxylic acids is 3. The quantitative estimate of drug-likeness (QED) is 0.615. The minimum atomic E-state index is -0.888. The highest BCUT2D eigenvalue weighted by atomic mass is 16.5. The molecule has 0 heterocycles. The molecule has 2 aromatic carbocycles. The number of carbonyl (C=O) groups is 3. The largest absolute Gasteiger partial charge is 0.451 e. The van der Waals surface area contributed by atoms with Crippen LogP contribution in [-0.2, 0) is 11.3 Å². The minimum Gasteiger partial charge on any atom is -0.451 e. The van der Waals surface area contributed by atoms with E-state index in [0.717, 1.165) is 16.7 Å². The fourth-order valence-electron chi connectivity index (χ4n) is 2.36. The van der Waals surface area contributed by atoms with Crippen molar-refractivity contribution >= 4 is 17.8 Å². The third-order valence-corrected chi connectivity index (χ3v) is 4.10. The first-order valence-corrected chi connectivity index (χ1v) is 8.22. The van der Waals surface area contributed by atoms with Crippen molar-refractivity contribution in [2.24, 2.45) is 5.73 Å². The molecule has 2 amide bonds. The molecule has 0 aliphatic rings. The molecule has 0 saturated heterocycles. The fourth-order valence-corrected chi connectivity index (χ4v) is 2.36. The molecule has 3 N–H and O–H groups in total. The van der Waals surface area contributed by atoms with Crippen LogP contribution in [0.2, 0.25) is 0 Å². The highest BCUT2D eigenvalue weighted by molar-refractivity contribution is 6.01. The second-order valence-electron chi connectivity index (χ2n) is 6.13. The number of hydrogen-bond donors (Lipinski definition) is 2. The number of nitrogens with two attached hydrogens (primary N) is 1. The van der Waals surface area contributed by atoms with Crippen LogP contribution in [0.1, 0.15) is 44.3 Å². The van der Waals surface area contributed by atoms with Crippen molar-refractivity contribution < 1.29 is 19.1 Å². The number of amides is 2. The maximum Gasteiger partial charge on any atom is 0.338 e. The van der Waals surface area contributed by atoms with E-state index in [2.05, 4.69) is 5.32 Å². The number of primary amides is 1. The lowest BCUT2D eigenvalue weighted by Gasteiger charge is -2.13. The van der Waals surface area contributed by atoms with E-state index in [4.69, 9.17) is 10.5 Å². The van der Waals surface area contributed by atoms with Crippen LogP contribution in [0.3, 0.4) is 0 Å². The van der Waals surface area contributed by atoms with Crippen molar-refractivity contribution in [1.82, 2.24) is 5.32 Å². The molecule has 136 valence electrons. The van der Waals surface area contributed by atoms with Crippen molar-refractivity contribution in [2.75, 3.05) is 0 Å². The number of rotatable bonds is 6. The van der Waals surface area contributed by atoms with Gasteiger partial charge in [0.2, 0.25) is 5.78 Å². The van der Waals surface area contributed by atoms with Gasteiger partial charge in [-0.25, -0.2) is 9.59 Å². The Kier molecular flexibility index (Phi) is 6.11. The summed E-state index contributed by atoms with van der Waals surface area (Å²) >= 11 is 0. The number of hydrogen-bond acceptors (Lipinski definition) is 4. The van der Waals surface area contributed by atoms with E-state index in [1.54, 1.807) is 43.3 Å². The van der Waals surface area contributed by atoms with Crippen LogP contribution >= 0.6 is 0 Å². The number of ketones is 1. The third-order valence-electron chi connectivity index (χ3n) is 4.10. The molecule has 0 unspecified atom stereocenters. The fraction of sp³-hybridized carbons (Fsp3) is 0.250. The summed E-state index contributed by atoms with van der Waals surface area (Å²) in [5, 5.41) is 2.46. The van der Waals surface area contributed by atoms with Crippen molar-refractivity contribution in [3.63, 3.8) is 0 Å². The third kappa shape index (κ3) is 4.92. The summed E-state index contributed by atoms with van der Waals surface area (Å²) in [6.45, 7) is 5.72. The van der Waals surface area contributed by atoms with Crippen LogP contribution in [0, 0.1) is 13.8 Å². The van der Waals surface area contributed by atoms with Gasteiger partial charge in [-0.2, -0.15) is 0 Å². The van der Waals surface area contributed by atoms with Gasteiger partial charge in [0.1, 0.15) is 0 Å². The molecule has 6 nitrogen and oxygen atoms in total. The number of esters is 1. The number of aryl methyl sites for hydroxylation is 2. The zero-order valence-corrected chi connectivity index (χ0v) is 15.0. The van der Waals surface area contributed by atoms with Gasteiger partial charge < -0.3 is 15.8 Å². The molecule has 0 aliphatic carbocycles. The van der Waals surface area contributed by atoms with E-state index in [-0.39, 0.29) is 12.3 Å². The van der Waals surface area contributed by atoms with Crippen LogP contribution in [-0.4, -0.2) is 23.9 Å². The lowest BCUT2D eigenvalue weighted by molar-refractivity contribution is 0.0319. The molecule has 2 aromatic rings. The minimum absolute atomic E-state index is 0.247. The van der Waals surface area contributed by atoms with Crippen molar-refractivity contribution in [3.8, 4) is 0 Å². The summed E-state index contributed by atoms with van der Waals surface area (Å²) in [5.41, 5.74) is 8.75. The van der Waals surface area contributed by atoms with E-state index >= 15 is 0 Å². The van der Waals surface area contributed by atoms with Crippen LogP contribution < -0.4 is 11.1 Å². The van der Waals surface area contributed by atoms with Gasteiger partial charge >= 0.3 is 12.0 Å². The number of ether oxygens (including phenoxy) is 1. The molecule has 0 bridgehead atoms. The average molecular weight is 354 g/mol. The number of nitrogens with one attached hydrogen (secondary N) is 1. The van der Waals surface area contributed by atoms with E-state index in [1.807, 2.05) is 19.9 Å². The maximum atomic E-state index is 12.4. The second-order valence-corrected chi connectivity index (χ2v) is 6.13. The summed E-state index contributed by atoms with van der Waals surface area (Å²) in [6, 6.07) is 11.3. The SMILES string of the molecule is Cc1ccc(C(=O)[C@H](C)OC(=O)c2ccc(CNC(N)=O)cc2)cc1C. The first-order chi connectivity index (χ1) is 12.3. The molecule has 0 aromatic heterocycles.